The second-order valence-electron chi connectivity index (χ2n) is 6.29. The molecule has 0 radical (unpaired) electrons. The molecule has 1 aromatic carbocycles. The van der Waals surface area contributed by atoms with Crippen LogP contribution in [0, 0.1) is 24.6 Å². The number of carbonyl (C=O) groups excluding carboxylic acids is 1. The summed E-state index contributed by atoms with van der Waals surface area (Å²) in [4.78, 5) is 12.2. The Kier molecular flexibility index (Phi) is 4.31. The molecule has 1 aliphatic rings. The number of nitrogens with one attached hydrogen (secondary N) is 1. The van der Waals surface area contributed by atoms with Gasteiger partial charge in [0.05, 0.1) is 5.56 Å². The number of halogens is 1. The van der Waals surface area contributed by atoms with Gasteiger partial charge in [-0.3, -0.25) is 4.79 Å². The summed E-state index contributed by atoms with van der Waals surface area (Å²) in [5.74, 6) is 0.353. The van der Waals surface area contributed by atoms with E-state index in [1.807, 2.05) is 0 Å². The van der Waals surface area contributed by atoms with E-state index in [1.165, 1.54) is 18.6 Å². The van der Waals surface area contributed by atoms with Gasteiger partial charge in [-0.1, -0.05) is 13.8 Å². The number of hydrogen-bond acceptors (Lipinski definition) is 2. The third-order valence-electron chi connectivity index (χ3n) is 4.04. The van der Waals surface area contributed by atoms with Crippen LogP contribution in [0.5, 0.6) is 0 Å². The quantitative estimate of drug-likeness (QED) is 0.816. The molecular weight excluding hydrogens is 255 g/mol. The first kappa shape index (κ1) is 14.8. The third-order valence-corrected chi connectivity index (χ3v) is 4.04. The number of rotatable bonds is 2. The molecule has 4 heteroatoms. The van der Waals surface area contributed by atoms with Gasteiger partial charge in [-0.15, -0.1) is 0 Å². The minimum atomic E-state index is -0.478. The lowest BCUT2D eigenvalue weighted by molar-refractivity contribution is 0.0907. The molecule has 2 atom stereocenters. The Morgan fingerprint density at radius 2 is 1.85 bits per heavy atom. The molecule has 110 valence electrons. The number of nitrogen functional groups attached to an aromatic ring is 1. The molecule has 1 aliphatic carbocycles. The standard InChI is InChI=1S/C16H23FN2O/c1-9-4-10(2)6-13(5-9)19-16(20)14-8-12(18)7-11(3)15(14)17/h7-10,13H,4-6,18H2,1-3H3,(H,19,20). The van der Waals surface area contributed by atoms with Crippen LogP contribution in [0.4, 0.5) is 10.1 Å². The van der Waals surface area contributed by atoms with Crippen molar-refractivity contribution in [2.45, 2.75) is 46.1 Å². The monoisotopic (exact) mass is 278 g/mol. The van der Waals surface area contributed by atoms with E-state index in [9.17, 15) is 9.18 Å². The van der Waals surface area contributed by atoms with Gasteiger partial charge >= 0.3 is 0 Å². The first-order chi connectivity index (χ1) is 9.36. The van der Waals surface area contributed by atoms with Gasteiger partial charge in [-0.2, -0.15) is 0 Å². The Labute approximate surface area is 119 Å². The lowest BCUT2D eigenvalue weighted by Gasteiger charge is -2.32. The van der Waals surface area contributed by atoms with Crippen molar-refractivity contribution in [3.05, 3.63) is 29.1 Å². The van der Waals surface area contributed by atoms with Crippen LogP contribution in [0.3, 0.4) is 0 Å². The highest BCUT2D eigenvalue weighted by atomic mass is 19.1. The summed E-state index contributed by atoms with van der Waals surface area (Å²) in [6.07, 6.45) is 3.11. The van der Waals surface area contributed by atoms with Crippen molar-refractivity contribution < 1.29 is 9.18 Å². The van der Waals surface area contributed by atoms with E-state index in [4.69, 9.17) is 5.73 Å². The molecule has 1 saturated carbocycles. The van der Waals surface area contributed by atoms with Gasteiger partial charge in [0.25, 0.3) is 5.91 Å². The summed E-state index contributed by atoms with van der Waals surface area (Å²) in [6, 6.07) is 3.08. The lowest BCUT2D eigenvalue weighted by atomic mass is 9.80. The van der Waals surface area contributed by atoms with Crippen LogP contribution in [0.25, 0.3) is 0 Å². The van der Waals surface area contributed by atoms with E-state index in [0.29, 0.717) is 23.1 Å². The Morgan fingerprint density at radius 3 is 2.45 bits per heavy atom. The van der Waals surface area contributed by atoms with Crippen molar-refractivity contribution in [3.63, 3.8) is 0 Å². The first-order valence-corrected chi connectivity index (χ1v) is 7.23. The van der Waals surface area contributed by atoms with Crippen LogP contribution in [-0.2, 0) is 0 Å². The van der Waals surface area contributed by atoms with Crippen LogP contribution in [0.1, 0.15) is 49.0 Å². The fourth-order valence-corrected chi connectivity index (χ4v) is 3.29. The highest BCUT2D eigenvalue weighted by Crippen LogP contribution is 2.29. The highest BCUT2D eigenvalue weighted by molar-refractivity contribution is 5.95. The number of aryl methyl sites for hydroxylation is 1. The minimum absolute atomic E-state index is 0.0494. The van der Waals surface area contributed by atoms with Crippen LogP contribution in [0.2, 0.25) is 0 Å². The third kappa shape index (κ3) is 3.30. The fraction of sp³-hybridized carbons (Fsp3) is 0.562. The number of carbonyl (C=O) groups is 1. The molecule has 0 saturated heterocycles. The predicted molar refractivity (Wildman–Crippen MR) is 79.0 cm³/mol. The van der Waals surface area contributed by atoms with Gasteiger partial charge in [0.1, 0.15) is 5.82 Å². The fourth-order valence-electron chi connectivity index (χ4n) is 3.29. The second kappa shape index (κ2) is 5.81. The zero-order valence-electron chi connectivity index (χ0n) is 12.4. The van der Waals surface area contributed by atoms with Gasteiger partial charge < -0.3 is 11.1 Å². The number of anilines is 1. The Morgan fingerprint density at radius 1 is 1.25 bits per heavy atom. The van der Waals surface area contributed by atoms with Crippen molar-refractivity contribution in [1.29, 1.82) is 0 Å². The van der Waals surface area contributed by atoms with Crippen molar-refractivity contribution in [2.24, 2.45) is 11.8 Å². The van der Waals surface area contributed by atoms with Crippen LogP contribution in [0.15, 0.2) is 12.1 Å². The largest absolute Gasteiger partial charge is 0.399 e. The smallest absolute Gasteiger partial charge is 0.254 e. The summed E-state index contributed by atoms with van der Waals surface area (Å²) >= 11 is 0. The van der Waals surface area contributed by atoms with E-state index in [0.717, 1.165) is 12.8 Å². The molecule has 2 rings (SSSR count). The number of amides is 1. The molecule has 0 heterocycles. The van der Waals surface area contributed by atoms with Crippen LogP contribution in [-0.4, -0.2) is 11.9 Å². The van der Waals surface area contributed by atoms with Crippen molar-refractivity contribution >= 4 is 11.6 Å². The van der Waals surface area contributed by atoms with Gasteiger partial charge in [-0.05, 0) is 55.7 Å². The SMILES string of the molecule is Cc1cc(N)cc(C(=O)NC2CC(C)CC(C)C2)c1F. The average molecular weight is 278 g/mol. The summed E-state index contributed by atoms with van der Waals surface area (Å²) in [7, 11) is 0. The molecule has 3 N–H and O–H groups in total. The number of hydrogen-bond donors (Lipinski definition) is 2. The molecule has 1 aromatic rings. The van der Waals surface area contributed by atoms with Gasteiger partial charge in [0.2, 0.25) is 0 Å². The highest BCUT2D eigenvalue weighted by Gasteiger charge is 2.26. The Hall–Kier alpha value is -1.58. The number of nitrogens with two attached hydrogens (primary N) is 1. The van der Waals surface area contributed by atoms with Crippen molar-refractivity contribution in [3.8, 4) is 0 Å². The summed E-state index contributed by atoms with van der Waals surface area (Å²) < 4.78 is 14.0. The molecular formula is C16H23FN2O. The Balaban J connectivity index is 2.12. The molecule has 20 heavy (non-hydrogen) atoms. The second-order valence-corrected chi connectivity index (χ2v) is 6.29. The van der Waals surface area contributed by atoms with E-state index >= 15 is 0 Å². The van der Waals surface area contributed by atoms with Gasteiger partial charge in [0, 0.05) is 11.7 Å². The molecule has 0 aliphatic heterocycles. The summed E-state index contributed by atoms with van der Waals surface area (Å²) in [5.41, 5.74) is 6.57. The van der Waals surface area contributed by atoms with E-state index in [2.05, 4.69) is 19.2 Å². The van der Waals surface area contributed by atoms with E-state index in [1.54, 1.807) is 6.92 Å². The summed E-state index contributed by atoms with van der Waals surface area (Å²) in [6.45, 7) is 6.01. The molecule has 3 nitrogen and oxygen atoms in total. The molecule has 2 unspecified atom stereocenters. The first-order valence-electron chi connectivity index (χ1n) is 7.23. The van der Waals surface area contributed by atoms with Gasteiger partial charge in [-0.25, -0.2) is 4.39 Å². The molecule has 1 amide bonds. The molecule has 0 spiro atoms. The molecule has 0 bridgehead atoms. The average Bonchev–Trinajstić information content (AvgIpc) is 2.32. The van der Waals surface area contributed by atoms with Gasteiger partial charge in [0.15, 0.2) is 0 Å². The normalized spacial score (nSPS) is 26.3. The number of benzene rings is 1. The molecule has 1 fully saturated rings. The zero-order chi connectivity index (χ0) is 14.9. The van der Waals surface area contributed by atoms with Crippen molar-refractivity contribution in [2.75, 3.05) is 5.73 Å². The predicted octanol–water partition coefficient (Wildman–Crippen LogP) is 3.27. The zero-order valence-corrected chi connectivity index (χ0v) is 12.4. The maximum Gasteiger partial charge on any atom is 0.254 e. The maximum absolute atomic E-state index is 14.0. The maximum atomic E-state index is 14.0. The lowest BCUT2D eigenvalue weighted by Crippen LogP contribution is -2.40. The van der Waals surface area contributed by atoms with Crippen molar-refractivity contribution in [1.82, 2.24) is 5.32 Å². The summed E-state index contributed by atoms with van der Waals surface area (Å²) in [5, 5.41) is 2.96. The molecule has 0 aromatic heterocycles. The topological polar surface area (TPSA) is 55.1 Å². The van der Waals surface area contributed by atoms with E-state index in [-0.39, 0.29) is 17.5 Å². The van der Waals surface area contributed by atoms with Crippen LogP contribution < -0.4 is 11.1 Å². The Bertz CT molecular complexity index is 505. The van der Waals surface area contributed by atoms with Crippen LogP contribution >= 0.6 is 0 Å². The minimum Gasteiger partial charge on any atom is -0.399 e. The van der Waals surface area contributed by atoms with E-state index < -0.39 is 5.82 Å².